The molecule has 0 fully saturated rings. The molecule has 1 aliphatic heterocycles. The summed E-state index contributed by atoms with van der Waals surface area (Å²) in [5.74, 6) is 1.62. The Morgan fingerprint density at radius 2 is 2.10 bits per heavy atom. The third-order valence-corrected chi connectivity index (χ3v) is 4.25. The lowest BCUT2D eigenvalue weighted by Crippen LogP contribution is -2.40. The average Bonchev–Trinajstić information content (AvgIpc) is 2.44. The fourth-order valence-electron chi connectivity index (χ4n) is 3.32. The number of benzene rings is 1. The summed E-state index contributed by atoms with van der Waals surface area (Å²) < 4.78 is 0. The number of amides is 1. The summed E-state index contributed by atoms with van der Waals surface area (Å²) in [7, 11) is 0. The zero-order valence-electron chi connectivity index (χ0n) is 13.5. The third kappa shape index (κ3) is 4.07. The summed E-state index contributed by atoms with van der Waals surface area (Å²) in [5.41, 5.74) is 8.24. The number of hydrogen-bond acceptors (Lipinski definition) is 2. The normalized spacial score (nSPS) is 19.5. The Labute approximate surface area is 128 Å². The van der Waals surface area contributed by atoms with E-state index in [-0.39, 0.29) is 5.91 Å². The van der Waals surface area contributed by atoms with Crippen LogP contribution >= 0.6 is 0 Å². The minimum absolute atomic E-state index is 0.227. The molecule has 3 heteroatoms. The summed E-state index contributed by atoms with van der Waals surface area (Å²) >= 11 is 0. The van der Waals surface area contributed by atoms with Crippen LogP contribution in [0.15, 0.2) is 24.3 Å². The van der Waals surface area contributed by atoms with E-state index in [1.54, 1.807) is 0 Å². The lowest BCUT2D eigenvalue weighted by atomic mass is 9.91. The number of hydrogen-bond donors (Lipinski definition) is 1. The number of para-hydroxylation sites is 1. The molecular formula is C18H28N2O. The van der Waals surface area contributed by atoms with Crippen LogP contribution in [-0.2, 0) is 11.2 Å². The second-order valence-corrected chi connectivity index (χ2v) is 6.88. The minimum atomic E-state index is 0.227. The standard InChI is InChI=1S/C18H28N2O/c1-13(2)8-15(11-19)10-18(21)20-12-14(3)9-16-6-4-5-7-17(16)20/h4-7,13-15H,8-12,19H2,1-3H3/t14?,15-/m0/s1. The van der Waals surface area contributed by atoms with Gasteiger partial charge in [0.25, 0.3) is 0 Å². The molecule has 0 radical (unpaired) electrons. The molecule has 1 unspecified atom stereocenters. The van der Waals surface area contributed by atoms with Gasteiger partial charge in [-0.1, -0.05) is 39.0 Å². The molecule has 2 atom stereocenters. The molecule has 0 aliphatic carbocycles. The Hall–Kier alpha value is -1.35. The molecule has 0 saturated carbocycles. The van der Waals surface area contributed by atoms with Crippen molar-refractivity contribution in [2.75, 3.05) is 18.0 Å². The largest absolute Gasteiger partial charge is 0.330 e. The maximum atomic E-state index is 12.7. The SMILES string of the molecule is CC(C)C[C@H](CN)CC(=O)N1CC(C)Cc2ccccc21. The first-order valence-electron chi connectivity index (χ1n) is 8.09. The van der Waals surface area contributed by atoms with E-state index in [1.165, 1.54) is 5.56 Å². The summed E-state index contributed by atoms with van der Waals surface area (Å²) in [6.45, 7) is 8.01. The van der Waals surface area contributed by atoms with Gasteiger partial charge in [0.1, 0.15) is 0 Å². The Morgan fingerprint density at radius 1 is 1.38 bits per heavy atom. The maximum absolute atomic E-state index is 12.7. The van der Waals surface area contributed by atoms with Crippen LogP contribution in [-0.4, -0.2) is 19.0 Å². The fraction of sp³-hybridized carbons (Fsp3) is 0.611. The van der Waals surface area contributed by atoms with Crippen LogP contribution in [0.2, 0.25) is 0 Å². The van der Waals surface area contributed by atoms with Crippen molar-refractivity contribution in [2.45, 2.75) is 40.0 Å². The highest BCUT2D eigenvalue weighted by atomic mass is 16.2. The molecule has 1 amide bonds. The van der Waals surface area contributed by atoms with E-state index in [9.17, 15) is 4.79 Å². The quantitative estimate of drug-likeness (QED) is 0.904. The molecule has 0 bridgehead atoms. The third-order valence-electron chi connectivity index (χ3n) is 4.25. The van der Waals surface area contributed by atoms with E-state index in [0.717, 1.165) is 25.1 Å². The molecule has 0 spiro atoms. The molecular weight excluding hydrogens is 260 g/mol. The highest BCUT2D eigenvalue weighted by molar-refractivity contribution is 5.94. The van der Waals surface area contributed by atoms with E-state index < -0.39 is 0 Å². The number of fused-ring (bicyclic) bond motifs is 1. The topological polar surface area (TPSA) is 46.3 Å². The molecule has 2 rings (SSSR count). The van der Waals surface area contributed by atoms with Gasteiger partial charge in [0, 0.05) is 18.7 Å². The molecule has 21 heavy (non-hydrogen) atoms. The van der Waals surface area contributed by atoms with Crippen LogP contribution in [0.5, 0.6) is 0 Å². The Kier molecular flexibility index (Phi) is 5.40. The zero-order chi connectivity index (χ0) is 15.4. The van der Waals surface area contributed by atoms with Crippen molar-refractivity contribution in [3.63, 3.8) is 0 Å². The zero-order valence-corrected chi connectivity index (χ0v) is 13.5. The summed E-state index contributed by atoms with van der Waals surface area (Å²) in [4.78, 5) is 14.7. The highest BCUT2D eigenvalue weighted by Gasteiger charge is 2.27. The molecule has 3 nitrogen and oxygen atoms in total. The van der Waals surface area contributed by atoms with Crippen molar-refractivity contribution in [2.24, 2.45) is 23.5 Å². The summed E-state index contributed by atoms with van der Waals surface area (Å²) in [5, 5.41) is 0. The van der Waals surface area contributed by atoms with Crippen LogP contribution < -0.4 is 10.6 Å². The summed E-state index contributed by atoms with van der Waals surface area (Å²) in [6, 6.07) is 8.28. The number of nitrogens with two attached hydrogens (primary N) is 1. The fourth-order valence-corrected chi connectivity index (χ4v) is 3.32. The van der Waals surface area contributed by atoms with Gasteiger partial charge in [-0.05, 0) is 48.8 Å². The van der Waals surface area contributed by atoms with Crippen LogP contribution in [0.4, 0.5) is 5.69 Å². The van der Waals surface area contributed by atoms with E-state index in [4.69, 9.17) is 5.73 Å². The van der Waals surface area contributed by atoms with Gasteiger partial charge in [0.2, 0.25) is 5.91 Å². The molecule has 1 aromatic carbocycles. The second kappa shape index (κ2) is 7.08. The number of rotatable bonds is 5. The molecule has 2 N–H and O–H groups in total. The molecule has 1 aliphatic rings. The Balaban J connectivity index is 2.12. The number of carbonyl (C=O) groups is 1. The van der Waals surface area contributed by atoms with E-state index >= 15 is 0 Å². The van der Waals surface area contributed by atoms with E-state index in [2.05, 4.69) is 39.0 Å². The second-order valence-electron chi connectivity index (χ2n) is 6.88. The van der Waals surface area contributed by atoms with E-state index in [1.807, 2.05) is 11.0 Å². The van der Waals surface area contributed by atoms with Gasteiger partial charge in [-0.2, -0.15) is 0 Å². The number of carbonyl (C=O) groups excluding carboxylic acids is 1. The average molecular weight is 288 g/mol. The minimum Gasteiger partial charge on any atom is -0.330 e. The van der Waals surface area contributed by atoms with Crippen molar-refractivity contribution < 1.29 is 4.79 Å². The van der Waals surface area contributed by atoms with Crippen molar-refractivity contribution >= 4 is 11.6 Å². The van der Waals surface area contributed by atoms with Gasteiger partial charge < -0.3 is 10.6 Å². The van der Waals surface area contributed by atoms with Gasteiger partial charge in [0.15, 0.2) is 0 Å². The van der Waals surface area contributed by atoms with Crippen molar-refractivity contribution in [3.05, 3.63) is 29.8 Å². The predicted octanol–water partition coefficient (Wildman–Crippen LogP) is 3.22. The summed E-state index contributed by atoms with van der Waals surface area (Å²) in [6.07, 6.45) is 2.65. The van der Waals surface area contributed by atoms with Crippen molar-refractivity contribution in [1.82, 2.24) is 0 Å². The van der Waals surface area contributed by atoms with Crippen LogP contribution in [0, 0.1) is 17.8 Å². The van der Waals surface area contributed by atoms with Crippen LogP contribution in [0.3, 0.4) is 0 Å². The van der Waals surface area contributed by atoms with Crippen molar-refractivity contribution in [3.8, 4) is 0 Å². The first kappa shape index (κ1) is 16.0. The van der Waals surface area contributed by atoms with Crippen LogP contribution in [0.25, 0.3) is 0 Å². The molecule has 116 valence electrons. The van der Waals surface area contributed by atoms with Gasteiger partial charge in [-0.25, -0.2) is 0 Å². The van der Waals surface area contributed by atoms with Gasteiger partial charge in [0.05, 0.1) is 0 Å². The Morgan fingerprint density at radius 3 is 2.76 bits per heavy atom. The lowest BCUT2D eigenvalue weighted by molar-refractivity contribution is -0.119. The van der Waals surface area contributed by atoms with Gasteiger partial charge in [-0.3, -0.25) is 4.79 Å². The highest BCUT2D eigenvalue weighted by Crippen LogP contribution is 2.30. The monoisotopic (exact) mass is 288 g/mol. The van der Waals surface area contributed by atoms with Gasteiger partial charge in [-0.15, -0.1) is 0 Å². The van der Waals surface area contributed by atoms with Crippen LogP contribution in [0.1, 0.15) is 39.2 Å². The first-order valence-corrected chi connectivity index (χ1v) is 8.09. The van der Waals surface area contributed by atoms with Gasteiger partial charge >= 0.3 is 0 Å². The molecule has 1 heterocycles. The molecule has 0 saturated heterocycles. The lowest BCUT2D eigenvalue weighted by Gasteiger charge is -2.34. The molecule has 1 aromatic rings. The van der Waals surface area contributed by atoms with E-state index in [0.29, 0.717) is 30.7 Å². The number of nitrogens with zero attached hydrogens (tertiary/aromatic N) is 1. The molecule has 0 aromatic heterocycles. The predicted molar refractivity (Wildman–Crippen MR) is 88.3 cm³/mol. The Bertz CT molecular complexity index is 484. The maximum Gasteiger partial charge on any atom is 0.227 e. The smallest absolute Gasteiger partial charge is 0.227 e. The van der Waals surface area contributed by atoms with Crippen molar-refractivity contribution in [1.29, 1.82) is 0 Å². The number of anilines is 1. The first-order chi connectivity index (χ1) is 10.0.